The van der Waals surface area contributed by atoms with Gasteiger partial charge in [-0.15, -0.1) is 0 Å². The second-order valence-corrected chi connectivity index (χ2v) is 7.80. The minimum Gasteiger partial charge on any atom is -0.507 e. The van der Waals surface area contributed by atoms with E-state index in [0.29, 0.717) is 44.0 Å². The predicted octanol–water partition coefficient (Wildman–Crippen LogP) is 3.33. The highest BCUT2D eigenvalue weighted by molar-refractivity contribution is 5.48. The van der Waals surface area contributed by atoms with Crippen LogP contribution in [-0.2, 0) is 6.54 Å². The number of rotatable bonds is 5. The fourth-order valence-corrected chi connectivity index (χ4v) is 4.45. The van der Waals surface area contributed by atoms with E-state index in [2.05, 4.69) is 9.88 Å². The molecule has 0 saturated carbocycles. The second-order valence-electron chi connectivity index (χ2n) is 7.80. The average molecular weight is 423 g/mol. The van der Waals surface area contributed by atoms with Gasteiger partial charge in [0.15, 0.2) is 0 Å². The molecule has 3 aromatic rings. The summed E-state index contributed by atoms with van der Waals surface area (Å²) in [6.07, 6.45) is 3.43. The molecule has 0 aliphatic carbocycles. The maximum absolute atomic E-state index is 14.2. The quantitative estimate of drug-likeness (QED) is 0.684. The number of halogens is 1. The zero-order chi connectivity index (χ0) is 22.0. The standard InChI is InChI=1S/C24H27FN4O2/c1-3-29-17(2)15-21(30)22(24(29)31)23(18-7-6-10-26-16-18)28-13-11-27(12-14-28)20-9-5-4-8-19(20)25/h4-10,15-16,23,30H,3,11-14H2,1-2H3/t23-/m0/s1. The number of para-hydroxylation sites is 1. The van der Waals surface area contributed by atoms with Crippen molar-refractivity contribution in [3.8, 4) is 5.75 Å². The van der Waals surface area contributed by atoms with Crippen LogP contribution < -0.4 is 10.5 Å². The Morgan fingerprint density at radius 2 is 1.87 bits per heavy atom. The van der Waals surface area contributed by atoms with Crippen molar-refractivity contribution in [1.82, 2.24) is 14.5 Å². The van der Waals surface area contributed by atoms with Gasteiger partial charge in [0.2, 0.25) is 0 Å². The van der Waals surface area contributed by atoms with Crippen LogP contribution in [0.15, 0.2) is 59.7 Å². The van der Waals surface area contributed by atoms with Crippen molar-refractivity contribution >= 4 is 5.69 Å². The Bertz CT molecular complexity index is 1110. The van der Waals surface area contributed by atoms with Gasteiger partial charge in [0.25, 0.3) is 5.56 Å². The number of nitrogens with zero attached hydrogens (tertiary/aromatic N) is 4. The molecule has 6 nitrogen and oxygen atoms in total. The number of aromatic hydroxyl groups is 1. The molecule has 1 saturated heterocycles. The van der Waals surface area contributed by atoms with E-state index in [1.54, 1.807) is 35.2 Å². The van der Waals surface area contributed by atoms with E-state index in [4.69, 9.17) is 0 Å². The largest absolute Gasteiger partial charge is 0.507 e. The molecule has 7 heteroatoms. The number of piperazine rings is 1. The molecule has 1 aliphatic heterocycles. The van der Waals surface area contributed by atoms with E-state index in [1.165, 1.54) is 6.07 Å². The van der Waals surface area contributed by atoms with Crippen molar-refractivity contribution in [2.75, 3.05) is 31.1 Å². The second kappa shape index (κ2) is 8.89. The lowest BCUT2D eigenvalue weighted by atomic mass is 9.97. The third kappa shape index (κ3) is 4.05. The summed E-state index contributed by atoms with van der Waals surface area (Å²) in [5.41, 5.74) is 2.33. The van der Waals surface area contributed by atoms with E-state index in [9.17, 15) is 14.3 Å². The van der Waals surface area contributed by atoms with Gasteiger partial charge in [-0.25, -0.2) is 4.39 Å². The van der Waals surface area contributed by atoms with Gasteiger partial charge in [0, 0.05) is 50.8 Å². The van der Waals surface area contributed by atoms with Gasteiger partial charge in [-0.3, -0.25) is 14.7 Å². The highest BCUT2D eigenvalue weighted by atomic mass is 19.1. The van der Waals surface area contributed by atoms with Crippen LogP contribution in [0.3, 0.4) is 0 Å². The molecular weight excluding hydrogens is 395 g/mol. The first kappa shape index (κ1) is 21.1. The SMILES string of the molecule is CCn1c(C)cc(O)c([C@H](c2cccnc2)N2CCN(c3ccccc3F)CC2)c1=O. The molecule has 0 unspecified atom stereocenters. The Labute approximate surface area is 181 Å². The number of hydrogen-bond donors (Lipinski definition) is 1. The minimum absolute atomic E-state index is 0.00223. The maximum atomic E-state index is 14.2. The summed E-state index contributed by atoms with van der Waals surface area (Å²) in [5.74, 6) is -0.237. The topological polar surface area (TPSA) is 61.6 Å². The fourth-order valence-electron chi connectivity index (χ4n) is 4.45. The monoisotopic (exact) mass is 422 g/mol. The molecule has 3 heterocycles. The van der Waals surface area contributed by atoms with Crippen molar-refractivity contribution in [1.29, 1.82) is 0 Å². The Morgan fingerprint density at radius 1 is 1.13 bits per heavy atom. The summed E-state index contributed by atoms with van der Waals surface area (Å²) in [6.45, 7) is 6.74. The fraction of sp³-hybridized carbons (Fsp3) is 0.333. The molecule has 1 aliphatic rings. The summed E-state index contributed by atoms with van der Waals surface area (Å²) in [5, 5.41) is 10.8. The minimum atomic E-state index is -0.428. The molecule has 4 rings (SSSR count). The average Bonchev–Trinajstić information content (AvgIpc) is 2.78. The highest BCUT2D eigenvalue weighted by Gasteiger charge is 2.32. The van der Waals surface area contributed by atoms with Crippen molar-refractivity contribution in [3.05, 3.63) is 87.9 Å². The molecule has 1 N–H and O–H groups in total. The van der Waals surface area contributed by atoms with Crippen molar-refractivity contribution in [2.45, 2.75) is 26.4 Å². The van der Waals surface area contributed by atoms with Crippen LogP contribution >= 0.6 is 0 Å². The van der Waals surface area contributed by atoms with Gasteiger partial charge in [0.1, 0.15) is 11.6 Å². The molecular formula is C24H27FN4O2. The van der Waals surface area contributed by atoms with E-state index in [0.717, 1.165) is 11.3 Å². The molecule has 0 bridgehead atoms. The van der Waals surface area contributed by atoms with Gasteiger partial charge in [-0.2, -0.15) is 0 Å². The highest BCUT2D eigenvalue weighted by Crippen LogP contribution is 2.33. The summed E-state index contributed by atoms with van der Waals surface area (Å²) < 4.78 is 15.9. The Hall–Kier alpha value is -3.19. The van der Waals surface area contributed by atoms with Gasteiger partial charge >= 0.3 is 0 Å². The third-order valence-corrected chi connectivity index (χ3v) is 5.99. The van der Waals surface area contributed by atoms with E-state index in [-0.39, 0.29) is 17.1 Å². The molecule has 0 radical (unpaired) electrons. The molecule has 1 aromatic carbocycles. The van der Waals surface area contributed by atoms with Crippen LogP contribution in [0.1, 0.15) is 29.8 Å². The number of aryl methyl sites for hydroxylation is 1. The summed E-state index contributed by atoms with van der Waals surface area (Å²) >= 11 is 0. The Morgan fingerprint density at radius 3 is 2.52 bits per heavy atom. The normalized spacial score (nSPS) is 15.8. The first-order valence-corrected chi connectivity index (χ1v) is 10.6. The lowest BCUT2D eigenvalue weighted by Crippen LogP contribution is -2.49. The van der Waals surface area contributed by atoms with Gasteiger partial charge in [-0.05, 0) is 43.7 Å². The summed E-state index contributed by atoms with van der Waals surface area (Å²) in [6, 6.07) is 11.8. The maximum Gasteiger partial charge on any atom is 0.259 e. The number of aromatic nitrogens is 2. The lowest BCUT2D eigenvalue weighted by Gasteiger charge is -2.40. The van der Waals surface area contributed by atoms with E-state index >= 15 is 0 Å². The molecule has 0 amide bonds. The van der Waals surface area contributed by atoms with Gasteiger partial charge in [-0.1, -0.05) is 18.2 Å². The Balaban J connectivity index is 1.71. The molecule has 2 aromatic heterocycles. The number of hydrogen-bond acceptors (Lipinski definition) is 5. The first-order chi connectivity index (χ1) is 15.0. The number of pyridine rings is 2. The van der Waals surface area contributed by atoms with Crippen molar-refractivity contribution in [2.24, 2.45) is 0 Å². The molecule has 31 heavy (non-hydrogen) atoms. The van der Waals surface area contributed by atoms with Crippen LogP contribution in [0.25, 0.3) is 0 Å². The van der Waals surface area contributed by atoms with Gasteiger partial charge in [0.05, 0.1) is 17.3 Å². The van der Waals surface area contributed by atoms with Crippen molar-refractivity contribution in [3.63, 3.8) is 0 Å². The van der Waals surface area contributed by atoms with Crippen LogP contribution in [0, 0.1) is 12.7 Å². The Kier molecular flexibility index (Phi) is 6.04. The van der Waals surface area contributed by atoms with Crippen molar-refractivity contribution < 1.29 is 9.50 Å². The molecule has 1 fully saturated rings. The zero-order valence-electron chi connectivity index (χ0n) is 17.8. The summed E-state index contributed by atoms with van der Waals surface area (Å²) in [7, 11) is 0. The third-order valence-electron chi connectivity index (χ3n) is 5.99. The van der Waals surface area contributed by atoms with E-state index in [1.807, 2.05) is 36.9 Å². The molecule has 0 spiro atoms. The lowest BCUT2D eigenvalue weighted by molar-refractivity contribution is 0.206. The summed E-state index contributed by atoms with van der Waals surface area (Å²) in [4.78, 5) is 21.8. The van der Waals surface area contributed by atoms with Crippen LogP contribution in [0.4, 0.5) is 10.1 Å². The van der Waals surface area contributed by atoms with E-state index < -0.39 is 6.04 Å². The van der Waals surface area contributed by atoms with Crippen LogP contribution in [-0.4, -0.2) is 45.7 Å². The zero-order valence-corrected chi connectivity index (χ0v) is 17.8. The van der Waals surface area contributed by atoms with Crippen LogP contribution in [0.2, 0.25) is 0 Å². The predicted molar refractivity (Wildman–Crippen MR) is 119 cm³/mol. The first-order valence-electron chi connectivity index (χ1n) is 10.6. The van der Waals surface area contributed by atoms with Gasteiger partial charge < -0.3 is 14.6 Å². The smallest absolute Gasteiger partial charge is 0.259 e. The molecule has 1 atom stereocenters. The number of benzene rings is 1. The van der Waals surface area contributed by atoms with Crippen LogP contribution in [0.5, 0.6) is 5.75 Å². The number of anilines is 1. The molecule has 162 valence electrons.